The van der Waals surface area contributed by atoms with Crippen molar-refractivity contribution in [3.8, 4) is 0 Å². The number of amides is 1. The Labute approximate surface area is 157 Å². The molecule has 1 amide bonds. The lowest BCUT2D eigenvalue weighted by Crippen LogP contribution is -2.48. The molecule has 5 heteroatoms. The van der Waals surface area contributed by atoms with E-state index in [1.165, 1.54) is 12.5 Å². The lowest BCUT2D eigenvalue weighted by molar-refractivity contribution is -0.0195. The maximum atomic E-state index is 14.4. The lowest BCUT2D eigenvalue weighted by atomic mass is 9.97. The quantitative estimate of drug-likeness (QED) is 0.645. The molecule has 1 heterocycles. The van der Waals surface area contributed by atoms with Crippen LogP contribution in [-0.4, -0.2) is 48.1 Å². The Kier molecular flexibility index (Phi) is 5.95. The summed E-state index contributed by atoms with van der Waals surface area (Å²) in [4.78, 5) is 14.2. The summed E-state index contributed by atoms with van der Waals surface area (Å²) in [5.74, 6) is 2.74. The summed E-state index contributed by atoms with van der Waals surface area (Å²) in [7, 11) is 0. The Morgan fingerprint density at radius 3 is 2.62 bits per heavy atom. The molecule has 0 aromatic carbocycles. The topological polar surface area (TPSA) is 38.8 Å². The van der Waals surface area contributed by atoms with Crippen LogP contribution in [0.4, 0.5) is 9.18 Å². The van der Waals surface area contributed by atoms with Gasteiger partial charge in [0.15, 0.2) is 0 Å². The van der Waals surface area contributed by atoms with E-state index in [0.29, 0.717) is 13.0 Å². The van der Waals surface area contributed by atoms with Crippen LogP contribution in [0.15, 0.2) is 12.7 Å². The van der Waals surface area contributed by atoms with E-state index in [-0.39, 0.29) is 24.2 Å². The fourth-order valence-electron chi connectivity index (χ4n) is 5.08. The maximum absolute atomic E-state index is 14.4. The highest BCUT2D eigenvalue weighted by atomic mass is 19.1. The number of rotatable bonds is 6. The third kappa shape index (κ3) is 3.92. The van der Waals surface area contributed by atoms with Gasteiger partial charge in [-0.05, 0) is 63.2 Å². The van der Waals surface area contributed by atoms with E-state index < -0.39 is 18.3 Å². The van der Waals surface area contributed by atoms with Crippen molar-refractivity contribution in [3.05, 3.63) is 12.7 Å². The van der Waals surface area contributed by atoms with Gasteiger partial charge in [0.25, 0.3) is 0 Å². The average molecular weight is 368 g/mol. The van der Waals surface area contributed by atoms with Crippen molar-refractivity contribution in [2.75, 3.05) is 6.61 Å². The predicted molar refractivity (Wildman–Crippen MR) is 99.6 cm³/mol. The summed E-state index contributed by atoms with van der Waals surface area (Å²) in [5.41, 5.74) is 0. The molecular formula is C21H34FNO3. The standard InChI is InChI=1S/C21H34FNO3/c1-6-18(22)19-9-13(4)20(23(19)21(24)26-12(2)3)11-25-15-7-8-16-14(5)17(16)10-15/h6,12-20H,1,7-11H2,2-5H3/t13-,14?,15-,16?,17?,18?,19-,20-/m0/s1. The van der Waals surface area contributed by atoms with E-state index in [9.17, 15) is 9.18 Å². The van der Waals surface area contributed by atoms with Gasteiger partial charge in [0.1, 0.15) is 6.17 Å². The largest absolute Gasteiger partial charge is 0.447 e. The molecule has 3 aliphatic rings. The first-order valence-electron chi connectivity index (χ1n) is 10.2. The van der Waals surface area contributed by atoms with Crippen LogP contribution in [0.5, 0.6) is 0 Å². The molecule has 3 fully saturated rings. The molecule has 1 aliphatic heterocycles. The molecule has 8 atom stereocenters. The minimum atomic E-state index is -1.25. The van der Waals surface area contributed by atoms with Crippen LogP contribution < -0.4 is 0 Å². The number of nitrogens with zero attached hydrogens (tertiary/aromatic N) is 1. The first-order chi connectivity index (χ1) is 12.3. The van der Waals surface area contributed by atoms with Crippen molar-refractivity contribution in [2.24, 2.45) is 23.7 Å². The summed E-state index contributed by atoms with van der Waals surface area (Å²) in [5, 5.41) is 0. The van der Waals surface area contributed by atoms with Crippen LogP contribution in [0, 0.1) is 23.7 Å². The van der Waals surface area contributed by atoms with Crippen molar-refractivity contribution in [2.45, 2.75) is 83.8 Å². The number of likely N-dealkylation sites (tertiary alicyclic amines) is 1. The highest BCUT2D eigenvalue weighted by Crippen LogP contribution is 2.55. The zero-order chi connectivity index (χ0) is 19.0. The Balaban J connectivity index is 1.64. The molecule has 148 valence electrons. The van der Waals surface area contributed by atoms with Gasteiger partial charge in [-0.25, -0.2) is 9.18 Å². The average Bonchev–Trinajstić information content (AvgIpc) is 3.10. The second-order valence-corrected chi connectivity index (χ2v) is 8.82. The van der Waals surface area contributed by atoms with Gasteiger partial charge in [-0.15, -0.1) is 6.58 Å². The second-order valence-electron chi connectivity index (χ2n) is 8.82. The van der Waals surface area contributed by atoms with Crippen molar-refractivity contribution < 1.29 is 18.7 Å². The third-order valence-electron chi connectivity index (χ3n) is 6.74. The monoisotopic (exact) mass is 367 g/mol. The number of carbonyl (C=O) groups excluding carboxylic acids is 1. The minimum absolute atomic E-state index is 0.140. The van der Waals surface area contributed by atoms with Crippen LogP contribution in [0.1, 0.15) is 53.4 Å². The molecule has 26 heavy (non-hydrogen) atoms. The number of halogens is 1. The van der Waals surface area contributed by atoms with Gasteiger partial charge in [0.05, 0.1) is 30.9 Å². The predicted octanol–water partition coefficient (Wildman–Crippen LogP) is 4.59. The number of alkyl halides is 1. The van der Waals surface area contributed by atoms with E-state index in [0.717, 1.165) is 30.6 Å². The molecule has 0 aromatic rings. The second kappa shape index (κ2) is 7.87. The molecule has 4 unspecified atom stereocenters. The molecule has 2 saturated carbocycles. The number of hydrogen-bond donors (Lipinski definition) is 0. The summed E-state index contributed by atoms with van der Waals surface area (Å²) in [6.45, 7) is 12.1. The number of carbonyl (C=O) groups is 1. The molecule has 0 N–H and O–H groups in total. The molecule has 0 aromatic heterocycles. The summed E-state index contributed by atoms with van der Waals surface area (Å²) >= 11 is 0. The minimum Gasteiger partial charge on any atom is -0.447 e. The van der Waals surface area contributed by atoms with Crippen molar-refractivity contribution in [1.82, 2.24) is 4.90 Å². The van der Waals surface area contributed by atoms with Crippen molar-refractivity contribution in [1.29, 1.82) is 0 Å². The van der Waals surface area contributed by atoms with Gasteiger partial charge in [-0.2, -0.15) is 0 Å². The van der Waals surface area contributed by atoms with Gasteiger partial charge in [-0.1, -0.05) is 19.9 Å². The van der Waals surface area contributed by atoms with Gasteiger partial charge >= 0.3 is 6.09 Å². The van der Waals surface area contributed by atoms with Crippen LogP contribution >= 0.6 is 0 Å². The van der Waals surface area contributed by atoms with Crippen molar-refractivity contribution in [3.63, 3.8) is 0 Å². The zero-order valence-corrected chi connectivity index (χ0v) is 16.6. The Bertz CT molecular complexity index is 525. The molecule has 4 nitrogen and oxygen atoms in total. The van der Waals surface area contributed by atoms with E-state index in [1.54, 1.807) is 4.90 Å². The smallest absolute Gasteiger partial charge is 0.410 e. The highest BCUT2D eigenvalue weighted by Gasteiger charge is 2.50. The Morgan fingerprint density at radius 2 is 2.00 bits per heavy atom. The fraction of sp³-hybridized carbons (Fsp3) is 0.857. The number of ether oxygens (including phenoxy) is 2. The van der Waals surface area contributed by atoms with Crippen molar-refractivity contribution >= 4 is 6.09 Å². The van der Waals surface area contributed by atoms with E-state index in [4.69, 9.17) is 9.47 Å². The molecule has 0 radical (unpaired) electrons. The number of fused-ring (bicyclic) bond motifs is 1. The van der Waals surface area contributed by atoms with Gasteiger partial charge in [-0.3, -0.25) is 4.90 Å². The normalized spacial score (nSPS) is 40.2. The van der Waals surface area contributed by atoms with Crippen LogP contribution in [0.2, 0.25) is 0 Å². The summed E-state index contributed by atoms with van der Waals surface area (Å²) in [6.07, 6.45) is 3.74. The maximum Gasteiger partial charge on any atom is 0.410 e. The van der Waals surface area contributed by atoms with E-state index in [1.807, 2.05) is 13.8 Å². The molecule has 3 rings (SSSR count). The Morgan fingerprint density at radius 1 is 1.27 bits per heavy atom. The first kappa shape index (κ1) is 19.7. The summed E-state index contributed by atoms with van der Waals surface area (Å²) in [6, 6.07) is -0.652. The molecule has 1 saturated heterocycles. The number of hydrogen-bond acceptors (Lipinski definition) is 3. The molecule has 2 aliphatic carbocycles. The first-order valence-corrected chi connectivity index (χ1v) is 10.2. The highest BCUT2D eigenvalue weighted by molar-refractivity contribution is 5.69. The van der Waals surface area contributed by atoms with Crippen LogP contribution in [0.3, 0.4) is 0 Å². The molecule has 0 bridgehead atoms. The third-order valence-corrected chi connectivity index (χ3v) is 6.74. The van der Waals surface area contributed by atoms with Gasteiger partial charge in [0.2, 0.25) is 0 Å². The zero-order valence-electron chi connectivity index (χ0n) is 16.6. The fourth-order valence-corrected chi connectivity index (χ4v) is 5.08. The van der Waals surface area contributed by atoms with Gasteiger partial charge < -0.3 is 9.47 Å². The SMILES string of the molecule is C=CC(F)[C@@H]1C[C@H](C)[C@H](CO[C@H]2CCC3C(C)C3C2)N1C(=O)OC(C)C. The van der Waals surface area contributed by atoms with E-state index >= 15 is 0 Å². The molecule has 0 spiro atoms. The Hall–Kier alpha value is -1.10. The lowest BCUT2D eigenvalue weighted by Gasteiger charge is -2.33. The van der Waals surface area contributed by atoms with Crippen LogP contribution in [0.25, 0.3) is 0 Å². The van der Waals surface area contributed by atoms with E-state index in [2.05, 4.69) is 20.4 Å². The van der Waals surface area contributed by atoms with Gasteiger partial charge in [0, 0.05) is 0 Å². The summed E-state index contributed by atoms with van der Waals surface area (Å²) < 4.78 is 26.0. The molecular weight excluding hydrogens is 333 g/mol. The van der Waals surface area contributed by atoms with Crippen LogP contribution in [-0.2, 0) is 9.47 Å².